The fraction of sp³-hybridized carbons (Fsp3) is 0.474. The highest BCUT2D eigenvalue weighted by atomic mass is 16.5. The number of hydrogen-bond donors (Lipinski definition) is 1. The van der Waals surface area contributed by atoms with Crippen LogP contribution in [0.25, 0.3) is 5.69 Å². The van der Waals surface area contributed by atoms with Crippen molar-refractivity contribution in [2.75, 3.05) is 26.7 Å². The maximum absolute atomic E-state index is 12.8. The third-order valence-corrected chi connectivity index (χ3v) is 4.84. The van der Waals surface area contributed by atoms with Gasteiger partial charge in [0.2, 0.25) is 5.88 Å². The Hall–Kier alpha value is -2.34. The fourth-order valence-corrected chi connectivity index (χ4v) is 3.54. The highest BCUT2D eigenvalue weighted by Crippen LogP contribution is 2.26. The van der Waals surface area contributed by atoms with Crippen LogP contribution in [0.4, 0.5) is 0 Å². The normalized spacial score (nSPS) is 17.6. The molecule has 0 radical (unpaired) electrons. The predicted octanol–water partition coefficient (Wildman–Crippen LogP) is 2.40. The number of ether oxygens (including phenoxy) is 1. The van der Waals surface area contributed by atoms with Crippen LogP contribution in [0.5, 0.6) is 5.88 Å². The van der Waals surface area contributed by atoms with Crippen LogP contribution < -0.4 is 10.1 Å². The monoisotopic (exact) mass is 342 g/mol. The SMILES string of the molecule is CCN1CCCC1CNC(=O)c1c(C)nn(-c2ccccc2)c1OC. The number of carbonyl (C=O) groups excluding carboxylic acids is 1. The van der Waals surface area contributed by atoms with Crippen molar-refractivity contribution < 1.29 is 9.53 Å². The van der Waals surface area contributed by atoms with Gasteiger partial charge in [-0.05, 0) is 45.0 Å². The molecule has 1 aromatic carbocycles. The standard InChI is InChI=1S/C19H26N4O2/c1-4-22-12-8-11-16(22)13-20-18(24)17-14(2)21-23(19(17)25-3)15-9-6-5-7-10-15/h5-7,9-10,16H,4,8,11-13H2,1-3H3,(H,20,24). The molecule has 2 aromatic rings. The molecule has 3 rings (SSSR count). The number of rotatable bonds is 6. The number of benzene rings is 1. The Bertz CT molecular complexity index is 727. The average molecular weight is 342 g/mol. The summed E-state index contributed by atoms with van der Waals surface area (Å²) in [5, 5.41) is 7.58. The van der Waals surface area contributed by atoms with Crippen LogP contribution >= 0.6 is 0 Å². The molecule has 1 aliphatic heterocycles. The molecule has 1 unspecified atom stereocenters. The van der Waals surface area contributed by atoms with Crippen LogP contribution in [0, 0.1) is 6.92 Å². The predicted molar refractivity (Wildman–Crippen MR) is 97.5 cm³/mol. The minimum Gasteiger partial charge on any atom is -0.480 e. The second-order valence-electron chi connectivity index (χ2n) is 6.35. The van der Waals surface area contributed by atoms with Crippen molar-refractivity contribution in [3.05, 3.63) is 41.6 Å². The summed E-state index contributed by atoms with van der Waals surface area (Å²) in [5.74, 6) is 0.347. The molecular weight excluding hydrogens is 316 g/mol. The number of nitrogens with zero attached hydrogens (tertiary/aromatic N) is 3. The van der Waals surface area contributed by atoms with Crippen LogP contribution in [0.1, 0.15) is 35.8 Å². The zero-order valence-corrected chi connectivity index (χ0v) is 15.2. The van der Waals surface area contributed by atoms with Crippen LogP contribution in [0.2, 0.25) is 0 Å². The maximum Gasteiger partial charge on any atom is 0.258 e. The largest absolute Gasteiger partial charge is 0.480 e. The average Bonchev–Trinajstić information content (AvgIpc) is 3.23. The molecule has 0 bridgehead atoms. The van der Waals surface area contributed by atoms with Gasteiger partial charge in [0.15, 0.2) is 0 Å². The fourth-order valence-electron chi connectivity index (χ4n) is 3.54. The third-order valence-electron chi connectivity index (χ3n) is 4.84. The smallest absolute Gasteiger partial charge is 0.258 e. The number of hydrogen-bond acceptors (Lipinski definition) is 4. The van der Waals surface area contributed by atoms with Crippen molar-refractivity contribution in [2.24, 2.45) is 0 Å². The quantitative estimate of drug-likeness (QED) is 0.876. The van der Waals surface area contributed by atoms with Gasteiger partial charge < -0.3 is 10.1 Å². The molecule has 0 saturated carbocycles. The molecule has 6 nitrogen and oxygen atoms in total. The Labute approximate surface area is 148 Å². The van der Waals surface area contributed by atoms with Gasteiger partial charge in [-0.3, -0.25) is 9.69 Å². The van der Waals surface area contributed by atoms with Crippen molar-refractivity contribution in [3.8, 4) is 11.6 Å². The molecule has 1 amide bonds. The summed E-state index contributed by atoms with van der Waals surface area (Å²) in [5.41, 5.74) is 2.04. The minimum atomic E-state index is -0.125. The van der Waals surface area contributed by atoms with Crippen LogP contribution in [0.3, 0.4) is 0 Å². The Morgan fingerprint density at radius 2 is 2.12 bits per heavy atom. The molecule has 1 atom stereocenters. The zero-order valence-electron chi connectivity index (χ0n) is 15.2. The van der Waals surface area contributed by atoms with E-state index in [2.05, 4.69) is 22.2 Å². The number of para-hydroxylation sites is 1. The number of nitrogens with one attached hydrogen (secondary N) is 1. The van der Waals surface area contributed by atoms with Gasteiger partial charge in [-0.2, -0.15) is 5.10 Å². The third kappa shape index (κ3) is 3.54. The van der Waals surface area contributed by atoms with E-state index < -0.39 is 0 Å². The molecule has 0 aliphatic carbocycles. The van der Waals surface area contributed by atoms with E-state index in [4.69, 9.17) is 4.74 Å². The zero-order chi connectivity index (χ0) is 17.8. The van der Waals surface area contributed by atoms with E-state index in [0.29, 0.717) is 29.7 Å². The van der Waals surface area contributed by atoms with E-state index >= 15 is 0 Å². The Kier molecular flexibility index (Phi) is 5.38. The molecule has 1 saturated heterocycles. The van der Waals surface area contributed by atoms with E-state index in [1.807, 2.05) is 37.3 Å². The molecule has 0 spiro atoms. The second-order valence-corrected chi connectivity index (χ2v) is 6.35. The summed E-state index contributed by atoms with van der Waals surface area (Å²) < 4.78 is 7.19. The van der Waals surface area contributed by atoms with Gasteiger partial charge in [0.1, 0.15) is 5.56 Å². The number of methoxy groups -OCH3 is 1. The van der Waals surface area contributed by atoms with Crippen molar-refractivity contribution in [2.45, 2.75) is 32.7 Å². The number of aryl methyl sites for hydroxylation is 1. The summed E-state index contributed by atoms with van der Waals surface area (Å²) in [6.45, 7) is 6.80. The van der Waals surface area contributed by atoms with E-state index in [1.54, 1.807) is 11.8 Å². The molecule has 1 fully saturated rings. The van der Waals surface area contributed by atoms with Crippen LogP contribution in [-0.2, 0) is 0 Å². The highest BCUT2D eigenvalue weighted by Gasteiger charge is 2.26. The lowest BCUT2D eigenvalue weighted by molar-refractivity contribution is 0.0937. The minimum absolute atomic E-state index is 0.125. The van der Waals surface area contributed by atoms with Crippen LogP contribution in [0.15, 0.2) is 30.3 Å². The number of carbonyl (C=O) groups is 1. The summed E-state index contributed by atoms with van der Waals surface area (Å²) in [7, 11) is 1.57. The van der Waals surface area contributed by atoms with Gasteiger partial charge >= 0.3 is 0 Å². The van der Waals surface area contributed by atoms with Gasteiger partial charge in [-0.15, -0.1) is 0 Å². The van der Waals surface area contributed by atoms with Gasteiger partial charge in [0.05, 0.1) is 18.5 Å². The number of likely N-dealkylation sites (tertiary alicyclic amines) is 1. The van der Waals surface area contributed by atoms with E-state index in [1.165, 1.54) is 6.42 Å². The van der Waals surface area contributed by atoms with E-state index in [0.717, 1.165) is 25.2 Å². The van der Waals surface area contributed by atoms with Crippen LogP contribution in [-0.4, -0.2) is 53.4 Å². The molecule has 2 heterocycles. The van der Waals surface area contributed by atoms with E-state index in [-0.39, 0.29) is 5.91 Å². The van der Waals surface area contributed by atoms with Crippen molar-refractivity contribution in [3.63, 3.8) is 0 Å². The lowest BCUT2D eigenvalue weighted by atomic mass is 10.2. The molecule has 25 heavy (non-hydrogen) atoms. The first-order valence-corrected chi connectivity index (χ1v) is 8.87. The Morgan fingerprint density at radius 3 is 2.80 bits per heavy atom. The molecule has 1 aromatic heterocycles. The number of likely N-dealkylation sites (N-methyl/N-ethyl adjacent to an activating group) is 1. The summed E-state index contributed by atoms with van der Waals surface area (Å²) in [6.07, 6.45) is 2.33. The topological polar surface area (TPSA) is 59.4 Å². The Balaban J connectivity index is 1.79. The van der Waals surface area contributed by atoms with Gasteiger partial charge in [-0.1, -0.05) is 25.1 Å². The van der Waals surface area contributed by atoms with Gasteiger partial charge in [0.25, 0.3) is 5.91 Å². The van der Waals surface area contributed by atoms with Gasteiger partial charge in [-0.25, -0.2) is 4.68 Å². The van der Waals surface area contributed by atoms with Crippen molar-refractivity contribution in [1.82, 2.24) is 20.0 Å². The van der Waals surface area contributed by atoms with Crippen molar-refractivity contribution in [1.29, 1.82) is 0 Å². The first kappa shape index (κ1) is 17.5. The number of aromatic nitrogens is 2. The first-order valence-electron chi connectivity index (χ1n) is 8.87. The lowest BCUT2D eigenvalue weighted by Crippen LogP contribution is -2.40. The summed E-state index contributed by atoms with van der Waals surface area (Å²) in [6, 6.07) is 10.1. The maximum atomic E-state index is 12.8. The molecule has 1 aliphatic rings. The summed E-state index contributed by atoms with van der Waals surface area (Å²) in [4.78, 5) is 15.2. The molecule has 1 N–H and O–H groups in total. The second kappa shape index (κ2) is 7.70. The lowest BCUT2D eigenvalue weighted by Gasteiger charge is -2.22. The number of amides is 1. The molecular formula is C19H26N4O2. The van der Waals surface area contributed by atoms with E-state index in [9.17, 15) is 4.79 Å². The Morgan fingerprint density at radius 1 is 1.36 bits per heavy atom. The summed E-state index contributed by atoms with van der Waals surface area (Å²) >= 11 is 0. The molecule has 6 heteroatoms. The first-order chi connectivity index (χ1) is 12.2. The highest BCUT2D eigenvalue weighted by molar-refractivity contribution is 5.97. The molecule has 134 valence electrons. The van der Waals surface area contributed by atoms with Crippen molar-refractivity contribution >= 4 is 5.91 Å². The van der Waals surface area contributed by atoms with Gasteiger partial charge in [0, 0.05) is 12.6 Å².